The van der Waals surface area contributed by atoms with Gasteiger partial charge in [-0.2, -0.15) is 0 Å². The van der Waals surface area contributed by atoms with E-state index in [9.17, 15) is 10.1 Å². The molecule has 0 aromatic heterocycles. The SMILES string of the molecule is C/C=C/C(C)(C)c1ccc([N+](=O)[O-])cc1. The highest BCUT2D eigenvalue weighted by molar-refractivity contribution is 5.37. The van der Waals surface area contributed by atoms with Gasteiger partial charge in [-0.05, 0) is 12.5 Å². The number of allylic oxidation sites excluding steroid dienone is 2. The van der Waals surface area contributed by atoms with Crippen molar-refractivity contribution in [2.24, 2.45) is 0 Å². The summed E-state index contributed by atoms with van der Waals surface area (Å²) in [7, 11) is 0. The van der Waals surface area contributed by atoms with Gasteiger partial charge in [0.2, 0.25) is 0 Å². The molecule has 1 aromatic carbocycles. The summed E-state index contributed by atoms with van der Waals surface area (Å²) in [5.74, 6) is 0. The highest BCUT2D eigenvalue weighted by atomic mass is 16.6. The molecule has 0 N–H and O–H groups in total. The van der Waals surface area contributed by atoms with Gasteiger partial charge in [-0.1, -0.05) is 38.1 Å². The van der Waals surface area contributed by atoms with E-state index in [2.05, 4.69) is 19.9 Å². The average molecular weight is 205 g/mol. The second kappa shape index (κ2) is 4.26. The fourth-order valence-corrected chi connectivity index (χ4v) is 1.53. The Morgan fingerprint density at radius 2 is 1.80 bits per heavy atom. The molecule has 15 heavy (non-hydrogen) atoms. The Morgan fingerprint density at radius 1 is 1.27 bits per heavy atom. The first-order valence-electron chi connectivity index (χ1n) is 4.86. The van der Waals surface area contributed by atoms with E-state index in [1.54, 1.807) is 24.3 Å². The van der Waals surface area contributed by atoms with Crippen LogP contribution in [-0.2, 0) is 5.41 Å². The van der Waals surface area contributed by atoms with Crippen LogP contribution in [0.2, 0.25) is 0 Å². The molecule has 0 unspecified atom stereocenters. The van der Waals surface area contributed by atoms with Crippen molar-refractivity contribution >= 4 is 5.69 Å². The first-order valence-corrected chi connectivity index (χ1v) is 4.86. The lowest BCUT2D eigenvalue weighted by atomic mass is 9.84. The topological polar surface area (TPSA) is 43.1 Å². The van der Waals surface area contributed by atoms with Crippen LogP contribution in [0.3, 0.4) is 0 Å². The molecule has 0 heterocycles. The predicted octanol–water partition coefficient (Wildman–Crippen LogP) is 3.45. The number of hydrogen-bond acceptors (Lipinski definition) is 2. The molecule has 0 aliphatic rings. The summed E-state index contributed by atoms with van der Waals surface area (Å²) in [6.45, 7) is 6.12. The van der Waals surface area contributed by atoms with Crippen molar-refractivity contribution in [3.8, 4) is 0 Å². The van der Waals surface area contributed by atoms with Gasteiger partial charge in [-0.3, -0.25) is 10.1 Å². The Hall–Kier alpha value is -1.64. The van der Waals surface area contributed by atoms with Crippen LogP contribution < -0.4 is 0 Å². The molecule has 0 bridgehead atoms. The standard InChI is InChI=1S/C12H15NO2/c1-4-9-12(2,3)10-5-7-11(8-6-10)13(14)15/h4-9H,1-3H3/b9-4+. The maximum absolute atomic E-state index is 10.5. The third-order valence-corrected chi connectivity index (χ3v) is 2.41. The maximum atomic E-state index is 10.5. The van der Waals surface area contributed by atoms with Crippen molar-refractivity contribution < 1.29 is 4.92 Å². The highest BCUT2D eigenvalue weighted by Crippen LogP contribution is 2.26. The third-order valence-electron chi connectivity index (χ3n) is 2.41. The van der Waals surface area contributed by atoms with Gasteiger partial charge in [0.15, 0.2) is 0 Å². The molecule has 3 nitrogen and oxygen atoms in total. The van der Waals surface area contributed by atoms with Crippen molar-refractivity contribution in [1.82, 2.24) is 0 Å². The molecule has 0 atom stereocenters. The van der Waals surface area contributed by atoms with E-state index in [4.69, 9.17) is 0 Å². The van der Waals surface area contributed by atoms with Crippen LogP contribution in [0, 0.1) is 10.1 Å². The fourth-order valence-electron chi connectivity index (χ4n) is 1.53. The van der Waals surface area contributed by atoms with Crippen LogP contribution >= 0.6 is 0 Å². The molecule has 0 spiro atoms. The maximum Gasteiger partial charge on any atom is 0.269 e. The van der Waals surface area contributed by atoms with Crippen LogP contribution in [-0.4, -0.2) is 4.92 Å². The predicted molar refractivity (Wildman–Crippen MR) is 60.9 cm³/mol. The number of benzene rings is 1. The van der Waals surface area contributed by atoms with Crippen LogP contribution in [0.25, 0.3) is 0 Å². The molecule has 0 amide bonds. The Bertz CT molecular complexity index is 377. The smallest absolute Gasteiger partial charge is 0.258 e. The minimum Gasteiger partial charge on any atom is -0.258 e. The second-order valence-electron chi connectivity index (χ2n) is 4.03. The van der Waals surface area contributed by atoms with E-state index in [0.717, 1.165) is 5.56 Å². The van der Waals surface area contributed by atoms with E-state index in [0.29, 0.717) is 0 Å². The van der Waals surface area contributed by atoms with Gasteiger partial charge in [0.25, 0.3) is 5.69 Å². The van der Waals surface area contributed by atoms with Crippen LogP contribution in [0.5, 0.6) is 0 Å². The second-order valence-corrected chi connectivity index (χ2v) is 4.03. The molecular weight excluding hydrogens is 190 g/mol. The molecule has 1 rings (SSSR count). The lowest BCUT2D eigenvalue weighted by Crippen LogP contribution is -2.12. The van der Waals surface area contributed by atoms with E-state index in [1.165, 1.54) is 0 Å². The normalized spacial score (nSPS) is 11.9. The number of non-ortho nitro benzene ring substituents is 1. The van der Waals surface area contributed by atoms with Crippen molar-refractivity contribution in [3.63, 3.8) is 0 Å². The summed E-state index contributed by atoms with van der Waals surface area (Å²) in [5.41, 5.74) is 1.13. The number of nitro groups is 1. The Kier molecular flexibility index (Phi) is 3.24. The minimum absolute atomic E-state index is 0.0795. The van der Waals surface area contributed by atoms with E-state index in [-0.39, 0.29) is 16.0 Å². The summed E-state index contributed by atoms with van der Waals surface area (Å²) < 4.78 is 0. The summed E-state index contributed by atoms with van der Waals surface area (Å²) in [4.78, 5) is 10.1. The Morgan fingerprint density at radius 3 is 2.20 bits per heavy atom. The van der Waals surface area contributed by atoms with E-state index >= 15 is 0 Å². The number of nitrogens with zero attached hydrogens (tertiary/aromatic N) is 1. The molecule has 0 fully saturated rings. The quantitative estimate of drug-likeness (QED) is 0.431. The average Bonchev–Trinajstić information content (AvgIpc) is 2.18. The monoisotopic (exact) mass is 205 g/mol. The van der Waals surface area contributed by atoms with Crippen LogP contribution in [0.4, 0.5) is 5.69 Å². The first kappa shape index (κ1) is 11.4. The van der Waals surface area contributed by atoms with Gasteiger partial charge in [-0.25, -0.2) is 0 Å². The third kappa shape index (κ3) is 2.65. The molecule has 0 saturated carbocycles. The summed E-state index contributed by atoms with van der Waals surface area (Å²) in [6.07, 6.45) is 4.07. The van der Waals surface area contributed by atoms with Gasteiger partial charge in [0.1, 0.15) is 0 Å². The van der Waals surface area contributed by atoms with Crippen molar-refractivity contribution in [1.29, 1.82) is 0 Å². The summed E-state index contributed by atoms with van der Waals surface area (Å²) >= 11 is 0. The van der Waals surface area contributed by atoms with Gasteiger partial charge < -0.3 is 0 Å². The van der Waals surface area contributed by atoms with Gasteiger partial charge >= 0.3 is 0 Å². The van der Waals surface area contributed by atoms with Gasteiger partial charge in [0.05, 0.1) is 4.92 Å². The summed E-state index contributed by atoms with van der Waals surface area (Å²) in [5, 5.41) is 10.5. The lowest BCUT2D eigenvalue weighted by Gasteiger charge is -2.20. The molecule has 80 valence electrons. The number of nitro benzene ring substituents is 1. The first-order chi connectivity index (χ1) is 6.97. The van der Waals surface area contributed by atoms with Crippen molar-refractivity contribution in [2.75, 3.05) is 0 Å². The Labute approximate surface area is 89.6 Å². The summed E-state index contributed by atoms with van der Waals surface area (Å²) in [6, 6.07) is 6.69. The van der Waals surface area contributed by atoms with Gasteiger partial charge in [-0.15, -0.1) is 0 Å². The highest BCUT2D eigenvalue weighted by Gasteiger charge is 2.17. The van der Waals surface area contributed by atoms with Gasteiger partial charge in [0, 0.05) is 17.5 Å². The van der Waals surface area contributed by atoms with Crippen molar-refractivity contribution in [3.05, 3.63) is 52.1 Å². The van der Waals surface area contributed by atoms with E-state index < -0.39 is 0 Å². The number of hydrogen-bond donors (Lipinski definition) is 0. The zero-order chi connectivity index (χ0) is 11.5. The molecule has 0 radical (unpaired) electrons. The largest absolute Gasteiger partial charge is 0.269 e. The number of rotatable bonds is 3. The molecule has 0 saturated heterocycles. The van der Waals surface area contributed by atoms with Crippen LogP contribution in [0.1, 0.15) is 26.3 Å². The lowest BCUT2D eigenvalue weighted by molar-refractivity contribution is -0.384. The van der Waals surface area contributed by atoms with Crippen molar-refractivity contribution in [2.45, 2.75) is 26.2 Å². The Balaban J connectivity index is 3.03. The minimum atomic E-state index is -0.383. The molecule has 0 aliphatic carbocycles. The molecule has 1 aromatic rings. The zero-order valence-corrected chi connectivity index (χ0v) is 9.23. The fraction of sp³-hybridized carbons (Fsp3) is 0.333. The molecular formula is C12H15NO2. The molecule has 3 heteroatoms. The molecule has 0 aliphatic heterocycles. The van der Waals surface area contributed by atoms with Crippen LogP contribution in [0.15, 0.2) is 36.4 Å². The zero-order valence-electron chi connectivity index (χ0n) is 9.23. The van der Waals surface area contributed by atoms with E-state index in [1.807, 2.05) is 13.0 Å².